The molecule has 11 unspecified atom stereocenters. The van der Waals surface area contributed by atoms with Gasteiger partial charge in [0.2, 0.25) is 6.29 Å². The Morgan fingerprint density at radius 3 is 2.18 bits per heavy atom. The molecule has 33 heavy (non-hydrogen) atoms. The Morgan fingerprint density at radius 2 is 1.64 bits per heavy atom. The Balaban J connectivity index is 1.16. The Morgan fingerprint density at radius 1 is 0.909 bits per heavy atom. The van der Waals surface area contributed by atoms with Crippen LogP contribution in [0.1, 0.15) is 72.1 Å². The van der Waals surface area contributed by atoms with E-state index in [-0.39, 0.29) is 40.7 Å². The third kappa shape index (κ3) is 3.13. The number of fused-ring (bicyclic) bond motifs is 6. The Bertz CT molecular complexity index is 862. The van der Waals surface area contributed by atoms with E-state index in [0.29, 0.717) is 17.8 Å². The molecule has 6 aliphatic rings. The zero-order valence-electron chi connectivity index (χ0n) is 20.6. The zero-order chi connectivity index (χ0) is 23.1. The molecule has 0 aromatic heterocycles. The van der Waals surface area contributed by atoms with Crippen molar-refractivity contribution < 1.29 is 23.8 Å². The standard InChI is InChI=1S/C28H40O5/c1-27(2)19-9-10-28(27,3)21(14-19)32-24(29)22-17-7-8-18(13-17)23(22)25(30)33-26(31-4)20-12-15-5-6-16(20)11-15/h7-8,15-23,26H,5-6,9-14H2,1-4H3. The fourth-order valence-corrected chi connectivity index (χ4v) is 9.12. The molecule has 0 N–H and O–H groups in total. The number of allylic oxidation sites excluding steroid dienone is 2. The van der Waals surface area contributed by atoms with Crippen molar-refractivity contribution >= 4 is 11.9 Å². The summed E-state index contributed by atoms with van der Waals surface area (Å²) < 4.78 is 18.0. The summed E-state index contributed by atoms with van der Waals surface area (Å²) in [7, 11) is 1.65. The van der Waals surface area contributed by atoms with Crippen LogP contribution in [0.3, 0.4) is 0 Å². The topological polar surface area (TPSA) is 61.8 Å². The Labute approximate surface area is 198 Å². The van der Waals surface area contributed by atoms with Crippen LogP contribution in [-0.2, 0) is 23.8 Å². The summed E-state index contributed by atoms with van der Waals surface area (Å²) in [6.07, 6.45) is 12.7. The molecule has 182 valence electrons. The third-order valence-corrected chi connectivity index (χ3v) is 11.6. The summed E-state index contributed by atoms with van der Waals surface area (Å²) in [6, 6.07) is 0. The van der Waals surface area contributed by atoms with Crippen LogP contribution >= 0.6 is 0 Å². The van der Waals surface area contributed by atoms with Crippen LogP contribution in [0.2, 0.25) is 0 Å². The highest BCUT2D eigenvalue weighted by Crippen LogP contribution is 2.66. The fourth-order valence-electron chi connectivity index (χ4n) is 9.12. The summed E-state index contributed by atoms with van der Waals surface area (Å²) in [6.45, 7) is 6.96. The minimum Gasteiger partial charge on any atom is -0.462 e. The van der Waals surface area contributed by atoms with Gasteiger partial charge in [-0.25, -0.2) is 0 Å². The molecule has 0 aliphatic heterocycles. The van der Waals surface area contributed by atoms with E-state index in [1.807, 2.05) is 0 Å². The lowest BCUT2D eigenvalue weighted by Gasteiger charge is -2.39. The lowest BCUT2D eigenvalue weighted by Crippen LogP contribution is -2.43. The van der Waals surface area contributed by atoms with Crippen LogP contribution in [0.5, 0.6) is 0 Å². The minimum atomic E-state index is -0.488. The molecule has 0 radical (unpaired) electrons. The van der Waals surface area contributed by atoms with Crippen molar-refractivity contribution in [2.24, 2.45) is 58.2 Å². The zero-order valence-corrected chi connectivity index (χ0v) is 20.6. The molecule has 5 nitrogen and oxygen atoms in total. The first-order valence-electron chi connectivity index (χ1n) is 13.3. The summed E-state index contributed by atoms with van der Waals surface area (Å²) in [5.74, 6) is 1.14. The molecule has 0 spiro atoms. The van der Waals surface area contributed by atoms with Gasteiger partial charge in [0.1, 0.15) is 6.10 Å². The highest BCUT2D eigenvalue weighted by atomic mass is 16.7. The number of methoxy groups -OCH3 is 1. The molecule has 5 heteroatoms. The van der Waals surface area contributed by atoms with Crippen LogP contribution in [0.4, 0.5) is 0 Å². The summed E-state index contributed by atoms with van der Waals surface area (Å²) >= 11 is 0. The first-order valence-corrected chi connectivity index (χ1v) is 13.3. The molecule has 6 aliphatic carbocycles. The van der Waals surface area contributed by atoms with Crippen molar-refractivity contribution in [3.05, 3.63) is 12.2 Å². The molecule has 0 amide bonds. The molecule has 11 atom stereocenters. The second-order valence-electron chi connectivity index (χ2n) is 12.9. The van der Waals surface area contributed by atoms with Gasteiger partial charge in [-0.1, -0.05) is 39.3 Å². The molecule has 5 saturated carbocycles. The molecular weight excluding hydrogens is 416 g/mol. The van der Waals surface area contributed by atoms with Crippen LogP contribution < -0.4 is 0 Å². The predicted molar refractivity (Wildman–Crippen MR) is 123 cm³/mol. The molecule has 6 rings (SSSR count). The maximum Gasteiger partial charge on any atom is 0.312 e. The van der Waals surface area contributed by atoms with E-state index in [1.165, 1.54) is 25.7 Å². The second kappa shape index (κ2) is 7.57. The van der Waals surface area contributed by atoms with Gasteiger partial charge in [-0.2, -0.15) is 0 Å². The molecule has 5 fully saturated rings. The van der Waals surface area contributed by atoms with Crippen LogP contribution in [0, 0.1) is 58.2 Å². The van der Waals surface area contributed by atoms with E-state index in [0.717, 1.165) is 31.6 Å². The van der Waals surface area contributed by atoms with E-state index in [9.17, 15) is 9.59 Å². The number of carbonyl (C=O) groups excluding carboxylic acids is 2. The number of rotatable bonds is 6. The second-order valence-corrected chi connectivity index (χ2v) is 12.9. The number of hydrogen-bond acceptors (Lipinski definition) is 5. The van der Waals surface area contributed by atoms with Crippen LogP contribution in [-0.4, -0.2) is 31.4 Å². The SMILES string of the molecule is COC(OC(=O)C1C2C=CC(C2)C1C(=O)OC1CC2CCC1(C)C2(C)C)C1CC2CCC1C2. The monoisotopic (exact) mass is 456 g/mol. The number of esters is 2. The van der Waals surface area contributed by atoms with Crippen molar-refractivity contribution in [1.82, 2.24) is 0 Å². The normalized spacial score (nSPS) is 49.0. The fraction of sp³-hybridized carbons (Fsp3) is 0.857. The summed E-state index contributed by atoms with van der Waals surface area (Å²) in [4.78, 5) is 27.0. The summed E-state index contributed by atoms with van der Waals surface area (Å²) in [5, 5.41) is 0. The van der Waals surface area contributed by atoms with Gasteiger partial charge < -0.3 is 14.2 Å². The van der Waals surface area contributed by atoms with Crippen LogP contribution in [0.15, 0.2) is 12.2 Å². The maximum atomic E-state index is 13.6. The van der Waals surface area contributed by atoms with Gasteiger partial charge in [0, 0.05) is 18.4 Å². The van der Waals surface area contributed by atoms with Gasteiger partial charge in [-0.3, -0.25) is 9.59 Å². The third-order valence-electron chi connectivity index (χ3n) is 11.6. The van der Waals surface area contributed by atoms with Gasteiger partial charge in [-0.15, -0.1) is 0 Å². The van der Waals surface area contributed by atoms with E-state index in [2.05, 4.69) is 32.9 Å². The highest BCUT2D eigenvalue weighted by molar-refractivity contribution is 5.84. The van der Waals surface area contributed by atoms with Gasteiger partial charge in [-0.05, 0) is 80.0 Å². The van der Waals surface area contributed by atoms with E-state index >= 15 is 0 Å². The largest absolute Gasteiger partial charge is 0.462 e. The highest BCUT2D eigenvalue weighted by Gasteiger charge is 2.64. The lowest BCUT2D eigenvalue weighted by atomic mass is 9.70. The van der Waals surface area contributed by atoms with Crippen molar-refractivity contribution in [2.75, 3.05) is 7.11 Å². The van der Waals surface area contributed by atoms with Crippen molar-refractivity contribution in [3.8, 4) is 0 Å². The molecule has 0 heterocycles. The Hall–Kier alpha value is -1.36. The van der Waals surface area contributed by atoms with Gasteiger partial charge in [0.25, 0.3) is 0 Å². The average Bonchev–Trinajstić information content (AvgIpc) is 3.62. The van der Waals surface area contributed by atoms with Gasteiger partial charge in [0.15, 0.2) is 0 Å². The molecule has 6 bridgehead atoms. The quantitative estimate of drug-likeness (QED) is 0.315. The van der Waals surface area contributed by atoms with E-state index in [4.69, 9.17) is 14.2 Å². The Kier molecular flexibility index (Phi) is 5.07. The molecule has 0 saturated heterocycles. The van der Waals surface area contributed by atoms with Crippen LogP contribution in [0.25, 0.3) is 0 Å². The number of carbonyl (C=O) groups is 2. The average molecular weight is 457 g/mol. The maximum absolute atomic E-state index is 13.6. The number of ether oxygens (including phenoxy) is 3. The van der Waals surface area contributed by atoms with Gasteiger partial charge in [0.05, 0.1) is 11.8 Å². The first kappa shape index (κ1) is 22.1. The van der Waals surface area contributed by atoms with E-state index < -0.39 is 18.1 Å². The molecule has 0 aromatic carbocycles. The molecule has 0 aromatic rings. The number of hydrogen-bond donors (Lipinski definition) is 0. The van der Waals surface area contributed by atoms with E-state index in [1.54, 1.807) is 7.11 Å². The van der Waals surface area contributed by atoms with Crippen molar-refractivity contribution in [2.45, 2.75) is 84.5 Å². The lowest BCUT2D eigenvalue weighted by molar-refractivity contribution is -0.198. The molecular formula is C28H40O5. The summed E-state index contributed by atoms with van der Waals surface area (Å²) in [5.41, 5.74) is 0.219. The van der Waals surface area contributed by atoms with Gasteiger partial charge >= 0.3 is 11.9 Å². The minimum absolute atomic E-state index is 0.0275. The first-order chi connectivity index (χ1) is 15.7. The smallest absolute Gasteiger partial charge is 0.312 e. The van der Waals surface area contributed by atoms with Crippen molar-refractivity contribution in [1.29, 1.82) is 0 Å². The van der Waals surface area contributed by atoms with Crippen molar-refractivity contribution in [3.63, 3.8) is 0 Å². The predicted octanol–water partition coefficient (Wildman–Crippen LogP) is 5.13.